The largest absolute Gasteiger partial charge is 0.326 e. The van der Waals surface area contributed by atoms with Gasteiger partial charge in [-0.3, -0.25) is 4.79 Å². The Balaban J connectivity index is 1.47. The Hall–Kier alpha value is -2.35. The third-order valence-electron chi connectivity index (χ3n) is 8.45. The lowest BCUT2D eigenvalue weighted by Gasteiger charge is -2.44. The Morgan fingerprint density at radius 3 is 2.69 bits per heavy atom. The number of nitrogens with one attached hydrogen (secondary N) is 1. The van der Waals surface area contributed by atoms with Gasteiger partial charge in [0.2, 0.25) is 5.91 Å². The first-order valence-electron chi connectivity index (χ1n) is 12.6. The molecule has 0 heterocycles. The highest BCUT2D eigenvalue weighted by Crippen LogP contribution is 2.59. The Labute approximate surface area is 194 Å². The number of rotatable bonds is 4. The van der Waals surface area contributed by atoms with Gasteiger partial charge in [-0.2, -0.15) is 0 Å². The molecule has 3 saturated carbocycles. The predicted octanol–water partition coefficient (Wildman–Crippen LogP) is 7.50. The van der Waals surface area contributed by atoms with E-state index in [0.29, 0.717) is 11.8 Å². The molecule has 2 heteroatoms. The minimum Gasteiger partial charge on any atom is -0.326 e. The van der Waals surface area contributed by atoms with Gasteiger partial charge in [0, 0.05) is 11.6 Å². The van der Waals surface area contributed by atoms with Gasteiger partial charge in [0.25, 0.3) is 0 Å². The highest BCUT2D eigenvalue weighted by atomic mass is 16.1. The summed E-state index contributed by atoms with van der Waals surface area (Å²) in [5.74, 6) is 1.21. The molecule has 4 aliphatic carbocycles. The second-order valence-electron chi connectivity index (χ2n) is 10.4. The standard InChI is InChI=1S/C30H39NO/c1-22-12-9-10-13-24(22)17-18-25-14-11-21-30(3)27(19-20-28(25)30)23(2)29(32)31-26-15-7-5-4-6-8-16-26/h4-8,15-18,23,27-28H,1,9-14,19-21H2,2-3H3,(H,31,32)/b5-4?,6-4?,7-5?,8-6?,15-7?,16-8?,24-17-,25-18+,26-15?,26-16?/t23-,27?,28?,30+/m0/s1. The van der Waals surface area contributed by atoms with E-state index in [1.165, 1.54) is 56.1 Å². The molecule has 0 bridgehead atoms. The second-order valence-corrected chi connectivity index (χ2v) is 10.4. The average molecular weight is 430 g/mol. The Kier molecular flexibility index (Phi) is 7.18. The third kappa shape index (κ3) is 4.85. The first-order valence-corrected chi connectivity index (χ1v) is 12.6. The maximum absolute atomic E-state index is 13.2. The summed E-state index contributed by atoms with van der Waals surface area (Å²) in [6.45, 7) is 8.89. The maximum Gasteiger partial charge on any atom is 0.227 e. The molecular weight excluding hydrogens is 390 g/mol. The van der Waals surface area contributed by atoms with Crippen LogP contribution in [0.15, 0.2) is 83.7 Å². The highest BCUT2D eigenvalue weighted by molar-refractivity contribution is 5.81. The van der Waals surface area contributed by atoms with Crippen LogP contribution >= 0.6 is 0 Å². The first-order chi connectivity index (χ1) is 15.5. The molecule has 170 valence electrons. The monoisotopic (exact) mass is 429 g/mol. The van der Waals surface area contributed by atoms with Crippen LogP contribution in [0, 0.1) is 23.2 Å². The van der Waals surface area contributed by atoms with E-state index in [2.05, 4.69) is 37.9 Å². The van der Waals surface area contributed by atoms with E-state index >= 15 is 0 Å². The Morgan fingerprint density at radius 1 is 1.06 bits per heavy atom. The van der Waals surface area contributed by atoms with E-state index in [-0.39, 0.29) is 17.2 Å². The molecule has 0 aromatic carbocycles. The SMILES string of the molecule is C=C1CCCC/C1=C/C=C1\CCC[C@@]2(C)C1CCC2[C@H](C)C(=O)NC1=CC=CC=CC=C1. The van der Waals surface area contributed by atoms with Gasteiger partial charge < -0.3 is 5.32 Å². The van der Waals surface area contributed by atoms with Crippen molar-refractivity contribution in [3.8, 4) is 0 Å². The molecule has 2 unspecified atom stereocenters. The second kappa shape index (κ2) is 10.1. The average Bonchev–Trinajstić information content (AvgIpc) is 3.12. The van der Waals surface area contributed by atoms with Gasteiger partial charge in [-0.15, -0.1) is 0 Å². The smallest absolute Gasteiger partial charge is 0.227 e. The van der Waals surface area contributed by atoms with Crippen molar-refractivity contribution < 1.29 is 4.79 Å². The van der Waals surface area contributed by atoms with Crippen molar-refractivity contribution in [2.45, 2.75) is 71.6 Å². The van der Waals surface area contributed by atoms with Gasteiger partial charge in [-0.05, 0) is 92.8 Å². The molecule has 0 radical (unpaired) electrons. The minimum absolute atomic E-state index is 0.0140. The Bertz CT molecular complexity index is 924. The molecule has 0 saturated heterocycles. The van der Waals surface area contributed by atoms with E-state index < -0.39 is 0 Å². The zero-order valence-corrected chi connectivity index (χ0v) is 19.9. The van der Waals surface area contributed by atoms with Gasteiger partial charge in [0.15, 0.2) is 0 Å². The number of carbonyl (C=O) groups is 1. The fourth-order valence-electron chi connectivity index (χ4n) is 6.59. The van der Waals surface area contributed by atoms with Crippen molar-refractivity contribution >= 4 is 5.91 Å². The van der Waals surface area contributed by atoms with Gasteiger partial charge >= 0.3 is 0 Å². The van der Waals surface area contributed by atoms with E-state index in [1.807, 2.05) is 42.5 Å². The van der Waals surface area contributed by atoms with Gasteiger partial charge in [-0.25, -0.2) is 0 Å². The van der Waals surface area contributed by atoms with E-state index in [4.69, 9.17) is 0 Å². The molecule has 1 amide bonds. The molecular formula is C30H39NO. The summed E-state index contributed by atoms with van der Waals surface area (Å²) < 4.78 is 0. The predicted molar refractivity (Wildman–Crippen MR) is 135 cm³/mol. The van der Waals surface area contributed by atoms with Gasteiger partial charge in [-0.1, -0.05) is 74.1 Å². The van der Waals surface area contributed by atoms with E-state index in [1.54, 1.807) is 5.57 Å². The van der Waals surface area contributed by atoms with Crippen molar-refractivity contribution in [1.29, 1.82) is 0 Å². The normalized spacial score (nSPS) is 33.6. The van der Waals surface area contributed by atoms with Crippen LogP contribution in [-0.2, 0) is 4.79 Å². The molecule has 4 rings (SSSR count). The van der Waals surface area contributed by atoms with Crippen LogP contribution in [0.1, 0.15) is 71.6 Å². The molecule has 0 aromatic rings. The number of amides is 1. The van der Waals surface area contributed by atoms with Crippen molar-refractivity contribution in [2.24, 2.45) is 23.2 Å². The van der Waals surface area contributed by atoms with Crippen LogP contribution in [0.5, 0.6) is 0 Å². The van der Waals surface area contributed by atoms with Crippen molar-refractivity contribution in [2.75, 3.05) is 0 Å². The van der Waals surface area contributed by atoms with E-state index in [9.17, 15) is 4.79 Å². The molecule has 2 nitrogen and oxygen atoms in total. The topological polar surface area (TPSA) is 29.1 Å². The zero-order chi connectivity index (χ0) is 22.6. The van der Waals surface area contributed by atoms with Gasteiger partial charge in [0.1, 0.15) is 0 Å². The molecule has 0 aromatic heterocycles. The molecule has 0 spiro atoms. The van der Waals surface area contributed by atoms with Crippen LogP contribution in [0.2, 0.25) is 0 Å². The molecule has 4 aliphatic rings. The van der Waals surface area contributed by atoms with Gasteiger partial charge in [0.05, 0.1) is 0 Å². The summed E-state index contributed by atoms with van der Waals surface area (Å²) in [5.41, 5.74) is 5.50. The van der Waals surface area contributed by atoms with E-state index in [0.717, 1.165) is 18.5 Å². The summed E-state index contributed by atoms with van der Waals surface area (Å²) in [6, 6.07) is 0. The van der Waals surface area contributed by atoms with Crippen molar-refractivity contribution in [1.82, 2.24) is 5.32 Å². The van der Waals surface area contributed by atoms with Crippen molar-refractivity contribution in [3.63, 3.8) is 0 Å². The lowest BCUT2D eigenvalue weighted by Crippen LogP contribution is -2.41. The first kappa shape index (κ1) is 22.8. The number of fused-ring (bicyclic) bond motifs is 1. The van der Waals surface area contributed by atoms with Crippen molar-refractivity contribution in [3.05, 3.63) is 83.7 Å². The molecule has 3 fully saturated rings. The fraction of sp³-hybridized carbons (Fsp3) is 0.500. The third-order valence-corrected chi connectivity index (χ3v) is 8.45. The summed E-state index contributed by atoms with van der Waals surface area (Å²) >= 11 is 0. The molecule has 1 N–H and O–H groups in total. The molecule has 0 aliphatic heterocycles. The molecule has 32 heavy (non-hydrogen) atoms. The highest BCUT2D eigenvalue weighted by Gasteiger charge is 2.51. The fourth-order valence-corrected chi connectivity index (χ4v) is 6.59. The number of carbonyl (C=O) groups excluding carboxylic acids is 1. The quantitative estimate of drug-likeness (QED) is 0.492. The van der Waals surface area contributed by atoms with Crippen LogP contribution in [0.3, 0.4) is 0 Å². The number of hydrogen-bond acceptors (Lipinski definition) is 1. The number of allylic oxidation sites excluding steroid dienone is 12. The lowest BCUT2D eigenvalue weighted by molar-refractivity contribution is -0.127. The summed E-state index contributed by atoms with van der Waals surface area (Å²) in [6.07, 6.45) is 29.6. The van der Waals surface area contributed by atoms with Crippen LogP contribution in [0.4, 0.5) is 0 Å². The summed E-state index contributed by atoms with van der Waals surface area (Å²) in [5, 5.41) is 3.18. The van der Waals surface area contributed by atoms with Crippen LogP contribution in [-0.4, -0.2) is 5.91 Å². The summed E-state index contributed by atoms with van der Waals surface area (Å²) in [7, 11) is 0. The summed E-state index contributed by atoms with van der Waals surface area (Å²) in [4.78, 5) is 13.2. The minimum atomic E-state index is 0.0140. The molecule has 4 atom stereocenters. The lowest BCUT2D eigenvalue weighted by atomic mass is 9.61. The Morgan fingerprint density at radius 2 is 1.84 bits per heavy atom. The number of hydrogen-bond donors (Lipinski definition) is 1. The van der Waals surface area contributed by atoms with Crippen LogP contribution < -0.4 is 5.32 Å². The zero-order valence-electron chi connectivity index (χ0n) is 19.9. The van der Waals surface area contributed by atoms with Crippen LogP contribution in [0.25, 0.3) is 0 Å². The maximum atomic E-state index is 13.2.